The van der Waals surface area contributed by atoms with Gasteiger partial charge in [-0.2, -0.15) is 0 Å². The van der Waals surface area contributed by atoms with E-state index in [0.717, 1.165) is 6.42 Å². The van der Waals surface area contributed by atoms with E-state index in [0.29, 0.717) is 0 Å². The van der Waals surface area contributed by atoms with Gasteiger partial charge in [-0.25, -0.2) is 0 Å². The maximum Gasteiger partial charge on any atom is -0.00175 e. The summed E-state index contributed by atoms with van der Waals surface area (Å²) in [6.45, 7) is 3.95. The second-order valence-corrected chi connectivity index (χ2v) is 6.21. The van der Waals surface area contributed by atoms with Gasteiger partial charge in [-0.1, -0.05) is 72.8 Å². The molecule has 5 aromatic rings. The second kappa shape index (κ2) is 4.57. The first-order valence-corrected chi connectivity index (χ1v) is 8.06. The molecule has 0 fully saturated rings. The molecule has 0 bridgehead atoms. The number of hydrogen-bond acceptors (Lipinski definition) is 0. The number of hydrogen-bond donors (Lipinski definition) is 0. The van der Waals surface area contributed by atoms with Crippen molar-refractivity contribution in [3.8, 4) is 0 Å². The molecule has 5 rings (SSSR count). The molecule has 0 aliphatic heterocycles. The lowest BCUT2D eigenvalue weighted by Crippen LogP contribution is -1.91. The third-order valence-corrected chi connectivity index (χ3v) is 4.96. The maximum atomic E-state index is 3.95. The van der Waals surface area contributed by atoms with Crippen LogP contribution in [0.2, 0.25) is 0 Å². The Morgan fingerprint density at radius 1 is 0.609 bits per heavy atom. The summed E-state index contributed by atoms with van der Waals surface area (Å²) in [7, 11) is 0. The zero-order valence-corrected chi connectivity index (χ0v) is 12.8. The van der Waals surface area contributed by atoms with Crippen molar-refractivity contribution in [3.63, 3.8) is 0 Å². The molecule has 108 valence electrons. The van der Waals surface area contributed by atoms with Gasteiger partial charge in [-0.05, 0) is 55.1 Å². The maximum absolute atomic E-state index is 3.95. The topological polar surface area (TPSA) is 0 Å². The molecule has 0 radical (unpaired) electrons. The lowest BCUT2D eigenvalue weighted by Gasteiger charge is -2.17. The first-order valence-electron chi connectivity index (χ1n) is 8.06. The molecule has 0 atom stereocenters. The van der Waals surface area contributed by atoms with Crippen LogP contribution in [0.4, 0.5) is 0 Å². The van der Waals surface area contributed by atoms with Crippen LogP contribution in [0.5, 0.6) is 0 Å². The molecular formula is C23H16. The monoisotopic (exact) mass is 292 g/mol. The second-order valence-electron chi connectivity index (χ2n) is 6.21. The molecule has 0 aliphatic rings. The summed E-state index contributed by atoms with van der Waals surface area (Å²) >= 11 is 0. The van der Waals surface area contributed by atoms with E-state index in [1.54, 1.807) is 0 Å². The largest absolute Gasteiger partial charge is 0.103 e. The Morgan fingerprint density at radius 3 is 2.09 bits per heavy atom. The van der Waals surface area contributed by atoms with Gasteiger partial charge in [0.25, 0.3) is 0 Å². The lowest BCUT2D eigenvalue weighted by molar-refractivity contribution is 1.32. The van der Waals surface area contributed by atoms with Crippen LogP contribution in [0.1, 0.15) is 5.56 Å². The summed E-state index contributed by atoms with van der Waals surface area (Å²) < 4.78 is 0. The molecule has 0 amide bonds. The molecule has 0 heteroatoms. The van der Waals surface area contributed by atoms with Gasteiger partial charge in [0.1, 0.15) is 0 Å². The van der Waals surface area contributed by atoms with E-state index in [4.69, 9.17) is 0 Å². The highest BCUT2D eigenvalue weighted by Crippen LogP contribution is 2.41. The summed E-state index contributed by atoms with van der Waals surface area (Å²) in [6.07, 6.45) is 2.90. The predicted molar refractivity (Wildman–Crippen MR) is 102 cm³/mol. The molecule has 0 spiro atoms. The quantitative estimate of drug-likeness (QED) is 0.199. The number of benzene rings is 5. The van der Waals surface area contributed by atoms with Gasteiger partial charge in [0, 0.05) is 0 Å². The third-order valence-electron chi connectivity index (χ3n) is 4.96. The Morgan fingerprint density at radius 2 is 1.26 bits per heavy atom. The van der Waals surface area contributed by atoms with Crippen molar-refractivity contribution >= 4 is 43.1 Å². The van der Waals surface area contributed by atoms with Gasteiger partial charge >= 0.3 is 0 Å². The SMILES string of the molecule is C=CCc1ccc2ccc3cccc4c5ccccc5c1c2c34. The van der Waals surface area contributed by atoms with E-state index >= 15 is 0 Å². The Labute approximate surface area is 135 Å². The van der Waals surface area contributed by atoms with E-state index in [1.165, 1.54) is 48.7 Å². The molecule has 0 unspecified atom stereocenters. The van der Waals surface area contributed by atoms with Gasteiger partial charge in [-0.15, -0.1) is 6.58 Å². The first-order chi connectivity index (χ1) is 11.4. The minimum absolute atomic E-state index is 0.901. The summed E-state index contributed by atoms with van der Waals surface area (Å²) in [6, 6.07) is 24.4. The van der Waals surface area contributed by atoms with E-state index in [1.807, 2.05) is 6.08 Å². The van der Waals surface area contributed by atoms with Crippen LogP contribution in [0.15, 0.2) is 79.4 Å². The minimum atomic E-state index is 0.901. The van der Waals surface area contributed by atoms with Gasteiger partial charge < -0.3 is 0 Å². The minimum Gasteiger partial charge on any atom is -0.103 e. The fourth-order valence-corrected chi connectivity index (χ4v) is 4.03. The molecule has 0 N–H and O–H groups in total. The summed E-state index contributed by atoms with van der Waals surface area (Å²) in [5.41, 5.74) is 1.36. The molecular weight excluding hydrogens is 276 g/mol. The van der Waals surface area contributed by atoms with Crippen LogP contribution in [0.3, 0.4) is 0 Å². The van der Waals surface area contributed by atoms with Crippen LogP contribution in [-0.4, -0.2) is 0 Å². The average molecular weight is 292 g/mol. The summed E-state index contributed by atoms with van der Waals surface area (Å²) in [4.78, 5) is 0. The molecule has 0 saturated heterocycles. The molecule has 0 aromatic heterocycles. The van der Waals surface area contributed by atoms with E-state index < -0.39 is 0 Å². The third kappa shape index (κ3) is 1.61. The highest BCUT2D eigenvalue weighted by Gasteiger charge is 2.14. The van der Waals surface area contributed by atoms with E-state index in [9.17, 15) is 0 Å². The molecule has 0 heterocycles. The smallest absolute Gasteiger partial charge is 0.00175 e. The van der Waals surface area contributed by atoms with Crippen LogP contribution in [0, 0.1) is 0 Å². The van der Waals surface area contributed by atoms with Crippen LogP contribution < -0.4 is 0 Å². The van der Waals surface area contributed by atoms with Crippen molar-refractivity contribution < 1.29 is 0 Å². The molecule has 0 nitrogen and oxygen atoms in total. The molecule has 5 aromatic carbocycles. The van der Waals surface area contributed by atoms with Gasteiger partial charge in [0.2, 0.25) is 0 Å². The van der Waals surface area contributed by atoms with Crippen molar-refractivity contribution in [2.45, 2.75) is 6.42 Å². The van der Waals surface area contributed by atoms with Gasteiger partial charge in [0.05, 0.1) is 0 Å². The first kappa shape index (κ1) is 12.7. The molecule has 0 aliphatic carbocycles. The van der Waals surface area contributed by atoms with Gasteiger partial charge in [-0.3, -0.25) is 0 Å². The highest BCUT2D eigenvalue weighted by atomic mass is 14.2. The highest BCUT2D eigenvalue weighted by molar-refractivity contribution is 6.34. The predicted octanol–water partition coefficient (Wildman–Crippen LogP) is 6.47. The molecule has 0 saturated carbocycles. The van der Waals surface area contributed by atoms with Crippen molar-refractivity contribution in [3.05, 3.63) is 84.9 Å². The Kier molecular flexibility index (Phi) is 2.51. The Balaban J connectivity index is 2.23. The molecule has 23 heavy (non-hydrogen) atoms. The standard InChI is InChI=1S/C23H16/c1-2-6-15-11-13-17-14-12-16-7-5-10-20-18-8-3-4-9-19(18)21(15)23(17)22(16)20/h2-5,7-14H,1,6H2. The number of fused-ring (bicyclic) bond motifs is 3. The number of allylic oxidation sites excluding steroid dienone is 1. The Bertz CT molecular complexity index is 1190. The van der Waals surface area contributed by atoms with Crippen LogP contribution in [0.25, 0.3) is 43.1 Å². The average Bonchev–Trinajstić information content (AvgIpc) is 2.61. The van der Waals surface area contributed by atoms with Crippen molar-refractivity contribution in [2.75, 3.05) is 0 Å². The van der Waals surface area contributed by atoms with Crippen molar-refractivity contribution in [1.82, 2.24) is 0 Å². The zero-order valence-electron chi connectivity index (χ0n) is 12.8. The van der Waals surface area contributed by atoms with Crippen molar-refractivity contribution in [1.29, 1.82) is 0 Å². The lowest BCUT2D eigenvalue weighted by atomic mass is 9.87. The fraction of sp³-hybridized carbons (Fsp3) is 0.0435. The fourth-order valence-electron chi connectivity index (χ4n) is 4.03. The summed E-state index contributed by atoms with van der Waals surface area (Å²) in [5, 5.41) is 10.9. The van der Waals surface area contributed by atoms with Crippen molar-refractivity contribution in [2.24, 2.45) is 0 Å². The van der Waals surface area contributed by atoms with Gasteiger partial charge in [0.15, 0.2) is 0 Å². The zero-order chi connectivity index (χ0) is 15.4. The van der Waals surface area contributed by atoms with E-state index in [2.05, 4.69) is 73.3 Å². The van der Waals surface area contributed by atoms with Crippen LogP contribution >= 0.6 is 0 Å². The Hall–Kier alpha value is -2.86. The van der Waals surface area contributed by atoms with E-state index in [-0.39, 0.29) is 0 Å². The van der Waals surface area contributed by atoms with Crippen LogP contribution in [-0.2, 0) is 6.42 Å². The number of rotatable bonds is 2. The normalized spacial score (nSPS) is 11.8. The summed E-state index contributed by atoms with van der Waals surface area (Å²) in [5.74, 6) is 0.